The van der Waals surface area contributed by atoms with Gasteiger partial charge >= 0.3 is 0 Å². The highest BCUT2D eigenvalue weighted by Gasteiger charge is 2.20. The van der Waals surface area contributed by atoms with Gasteiger partial charge in [-0.1, -0.05) is 27.7 Å². The first-order chi connectivity index (χ1) is 9.80. The smallest absolute Gasteiger partial charge is 0.165 e. The third-order valence-electron chi connectivity index (χ3n) is 3.68. The highest BCUT2D eigenvalue weighted by molar-refractivity contribution is 6.08. The van der Waals surface area contributed by atoms with Gasteiger partial charge in [0.15, 0.2) is 5.78 Å². The fraction of sp³-hybridized carbons (Fsp3) is 0.500. The number of aromatic nitrogens is 1. The van der Waals surface area contributed by atoms with Crippen LogP contribution in [0.3, 0.4) is 0 Å². The summed E-state index contributed by atoms with van der Waals surface area (Å²) in [6.45, 7) is 8.79. The van der Waals surface area contributed by atoms with Crippen molar-refractivity contribution in [3.8, 4) is 5.75 Å². The van der Waals surface area contributed by atoms with Crippen LogP contribution >= 0.6 is 0 Å². The van der Waals surface area contributed by atoms with E-state index in [1.807, 2.05) is 24.4 Å². The van der Waals surface area contributed by atoms with Crippen LogP contribution in [0.4, 0.5) is 0 Å². The van der Waals surface area contributed by atoms with Crippen LogP contribution in [0.2, 0.25) is 0 Å². The van der Waals surface area contributed by atoms with Crippen LogP contribution in [0, 0.1) is 11.3 Å². The minimum Gasteiger partial charge on any atom is -0.497 e. The molecule has 0 radical (unpaired) electrons. The first-order valence-corrected chi connectivity index (χ1v) is 7.48. The average Bonchev–Trinajstić information content (AvgIpc) is 2.78. The van der Waals surface area contributed by atoms with Crippen molar-refractivity contribution in [2.24, 2.45) is 11.3 Å². The Hall–Kier alpha value is -1.77. The summed E-state index contributed by atoms with van der Waals surface area (Å²) in [6, 6.07) is 5.77. The molecule has 0 amide bonds. The number of benzene rings is 1. The Morgan fingerprint density at radius 3 is 2.67 bits per heavy atom. The van der Waals surface area contributed by atoms with Crippen molar-refractivity contribution in [2.45, 2.75) is 40.5 Å². The van der Waals surface area contributed by atoms with Crippen LogP contribution in [0.5, 0.6) is 5.75 Å². The molecule has 0 aliphatic heterocycles. The normalized spacial score (nSPS) is 13.4. The van der Waals surface area contributed by atoms with Crippen LogP contribution in [-0.4, -0.2) is 17.9 Å². The summed E-state index contributed by atoms with van der Waals surface area (Å²) in [5, 5.41) is 0.947. The maximum Gasteiger partial charge on any atom is 0.165 e. The van der Waals surface area contributed by atoms with Gasteiger partial charge < -0.3 is 9.72 Å². The second-order valence-electron chi connectivity index (χ2n) is 7.11. The quantitative estimate of drug-likeness (QED) is 0.801. The minimum absolute atomic E-state index is 0.200. The van der Waals surface area contributed by atoms with Gasteiger partial charge in [-0.15, -0.1) is 0 Å². The van der Waals surface area contributed by atoms with Crippen LogP contribution in [0.25, 0.3) is 10.9 Å². The van der Waals surface area contributed by atoms with Crippen molar-refractivity contribution < 1.29 is 9.53 Å². The number of ether oxygens (including phenoxy) is 1. The van der Waals surface area contributed by atoms with Crippen LogP contribution in [-0.2, 0) is 0 Å². The van der Waals surface area contributed by atoms with Crippen molar-refractivity contribution in [1.29, 1.82) is 0 Å². The summed E-state index contributed by atoms with van der Waals surface area (Å²) >= 11 is 0. The Morgan fingerprint density at radius 2 is 2.05 bits per heavy atom. The van der Waals surface area contributed by atoms with E-state index in [0.717, 1.165) is 28.6 Å². The summed E-state index contributed by atoms with van der Waals surface area (Å²) in [5.74, 6) is 1.36. The lowest BCUT2D eigenvalue weighted by molar-refractivity contribution is 0.0956. The summed E-state index contributed by atoms with van der Waals surface area (Å²) in [6.07, 6.45) is 3.45. The third kappa shape index (κ3) is 3.87. The zero-order chi connectivity index (χ0) is 15.6. The van der Waals surface area contributed by atoms with E-state index in [1.54, 1.807) is 7.11 Å². The Bertz CT molecular complexity index is 634. The first-order valence-electron chi connectivity index (χ1n) is 7.48. The van der Waals surface area contributed by atoms with Crippen molar-refractivity contribution in [1.82, 2.24) is 4.98 Å². The molecule has 1 atom stereocenters. The lowest BCUT2D eigenvalue weighted by Gasteiger charge is -2.22. The molecule has 1 heterocycles. The van der Waals surface area contributed by atoms with E-state index >= 15 is 0 Å². The van der Waals surface area contributed by atoms with Crippen molar-refractivity contribution in [3.05, 3.63) is 30.0 Å². The van der Waals surface area contributed by atoms with E-state index in [2.05, 4.69) is 32.7 Å². The van der Waals surface area contributed by atoms with Crippen LogP contribution in [0.15, 0.2) is 24.4 Å². The fourth-order valence-corrected chi connectivity index (χ4v) is 3.00. The van der Waals surface area contributed by atoms with Gasteiger partial charge in [-0.25, -0.2) is 0 Å². The largest absolute Gasteiger partial charge is 0.497 e. The maximum absolute atomic E-state index is 12.6. The first kappa shape index (κ1) is 15.6. The number of H-pyrrole nitrogens is 1. The van der Waals surface area contributed by atoms with E-state index in [9.17, 15) is 4.79 Å². The second kappa shape index (κ2) is 5.92. The van der Waals surface area contributed by atoms with E-state index in [4.69, 9.17) is 4.74 Å². The average molecular weight is 287 g/mol. The number of hydrogen-bond donors (Lipinski definition) is 1. The monoisotopic (exact) mass is 287 g/mol. The van der Waals surface area contributed by atoms with E-state index < -0.39 is 0 Å². The molecule has 0 aliphatic rings. The van der Waals surface area contributed by atoms with Gasteiger partial charge in [0.05, 0.1) is 7.11 Å². The number of hydrogen-bond acceptors (Lipinski definition) is 2. The molecule has 0 fully saturated rings. The maximum atomic E-state index is 12.6. The molecule has 0 spiro atoms. The fourth-order valence-electron chi connectivity index (χ4n) is 3.00. The van der Waals surface area contributed by atoms with Gasteiger partial charge in [0.25, 0.3) is 0 Å². The number of fused-ring (bicyclic) bond motifs is 1. The number of methoxy groups -OCH3 is 1. The van der Waals surface area contributed by atoms with Gasteiger partial charge in [-0.2, -0.15) is 0 Å². The molecule has 2 aromatic rings. The van der Waals surface area contributed by atoms with Crippen molar-refractivity contribution in [2.75, 3.05) is 7.11 Å². The zero-order valence-electron chi connectivity index (χ0n) is 13.6. The summed E-state index contributed by atoms with van der Waals surface area (Å²) in [7, 11) is 1.64. The lowest BCUT2D eigenvalue weighted by atomic mass is 9.83. The number of ketones is 1. The molecule has 1 unspecified atom stereocenters. The molecule has 1 N–H and O–H groups in total. The Balaban J connectivity index is 2.19. The highest BCUT2D eigenvalue weighted by atomic mass is 16.5. The number of nitrogens with one attached hydrogen (secondary N) is 1. The van der Waals surface area contributed by atoms with Gasteiger partial charge in [0.1, 0.15) is 5.75 Å². The standard InChI is InChI=1S/C18H25NO2/c1-12(10-18(2,3)4)8-17(20)15-11-19-16-7-6-13(21-5)9-14(15)16/h6-7,9,11-12,19H,8,10H2,1-5H3. The van der Waals surface area contributed by atoms with Crippen molar-refractivity contribution in [3.63, 3.8) is 0 Å². The number of rotatable bonds is 5. The van der Waals surface area contributed by atoms with Gasteiger partial charge in [-0.05, 0) is 36.0 Å². The molecule has 3 nitrogen and oxygen atoms in total. The number of carbonyl (C=O) groups is 1. The minimum atomic E-state index is 0.200. The van der Waals surface area contributed by atoms with Crippen LogP contribution in [0.1, 0.15) is 50.9 Å². The molecule has 0 saturated carbocycles. The summed E-state index contributed by atoms with van der Waals surface area (Å²) in [5.41, 5.74) is 2.00. The van der Waals surface area contributed by atoms with Crippen LogP contribution < -0.4 is 4.74 Å². The molecule has 2 rings (SSSR count). The lowest BCUT2D eigenvalue weighted by Crippen LogP contribution is -2.14. The molecular weight excluding hydrogens is 262 g/mol. The summed E-state index contributed by atoms with van der Waals surface area (Å²) in [4.78, 5) is 15.7. The second-order valence-corrected chi connectivity index (χ2v) is 7.11. The topological polar surface area (TPSA) is 42.1 Å². The molecular formula is C18H25NO2. The molecule has 1 aromatic heterocycles. The predicted molar refractivity (Wildman–Crippen MR) is 87.0 cm³/mol. The number of aromatic amines is 1. The van der Waals surface area contributed by atoms with Gasteiger partial charge in [-0.3, -0.25) is 4.79 Å². The van der Waals surface area contributed by atoms with Gasteiger partial charge in [0.2, 0.25) is 0 Å². The third-order valence-corrected chi connectivity index (χ3v) is 3.68. The van der Waals surface area contributed by atoms with Crippen molar-refractivity contribution >= 4 is 16.7 Å². The molecule has 21 heavy (non-hydrogen) atoms. The Morgan fingerprint density at radius 1 is 1.33 bits per heavy atom. The molecule has 1 aromatic carbocycles. The molecule has 114 valence electrons. The molecule has 0 saturated heterocycles. The summed E-state index contributed by atoms with van der Waals surface area (Å²) < 4.78 is 5.25. The molecule has 0 bridgehead atoms. The highest BCUT2D eigenvalue weighted by Crippen LogP contribution is 2.29. The van der Waals surface area contributed by atoms with E-state index in [0.29, 0.717) is 12.3 Å². The van der Waals surface area contributed by atoms with E-state index in [-0.39, 0.29) is 11.2 Å². The van der Waals surface area contributed by atoms with Gasteiger partial charge in [0, 0.05) is 29.1 Å². The Labute approximate surface area is 126 Å². The molecule has 3 heteroatoms. The predicted octanol–water partition coefficient (Wildman–Crippen LogP) is 4.82. The number of carbonyl (C=O) groups excluding carboxylic acids is 1. The van der Waals surface area contributed by atoms with E-state index in [1.165, 1.54) is 0 Å². The Kier molecular flexibility index (Phi) is 4.40. The number of Topliss-reactive ketones (excluding diaryl/α,β-unsaturated/α-hetero) is 1. The SMILES string of the molecule is COc1ccc2[nH]cc(C(=O)CC(C)CC(C)(C)C)c2c1. The molecule has 0 aliphatic carbocycles. The zero-order valence-corrected chi connectivity index (χ0v) is 13.6.